The second-order valence-electron chi connectivity index (χ2n) is 7.59. The van der Waals surface area contributed by atoms with Gasteiger partial charge in [-0.05, 0) is 9.40 Å². The van der Waals surface area contributed by atoms with Gasteiger partial charge in [-0.1, -0.05) is 96.4 Å². The number of thiophene rings is 2. The molecule has 0 fully saturated rings. The molecule has 0 spiro atoms. The summed E-state index contributed by atoms with van der Waals surface area (Å²) in [5.41, 5.74) is 5.72. The van der Waals surface area contributed by atoms with E-state index in [4.69, 9.17) is 0 Å². The molecule has 4 heteroatoms. The molecule has 2 aromatic heterocycles. The Hall–Kier alpha value is -1.32. The molecule has 0 bridgehead atoms. The van der Waals surface area contributed by atoms with Gasteiger partial charge >= 0.3 is 30.2 Å². The van der Waals surface area contributed by atoms with Crippen molar-refractivity contribution in [3.8, 4) is 0 Å². The first kappa shape index (κ1) is 28.9. The Morgan fingerprint density at radius 1 is 0.618 bits per heavy atom. The molecule has 2 heterocycles. The van der Waals surface area contributed by atoms with Gasteiger partial charge in [0.05, 0.1) is 0 Å². The maximum atomic E-state index is 3.25. The average Bonchev–Trinajstić information content (AvgIpc) is 3.60. The molecule has 0 aliphatic rings. The van der Waals surface area contributed by atoms with E-state index in [1.54, 1.807) is 13.8 Å². The zero-order chi connectivity index (χ0) is 25.4. The second-order valence-corrected chi connectivity index (χ2v) is 9.69. The predicted octanol–water partition coefficient (Wildman–Crippen LogP) is 10.1. The van der Waals surface area contributed by atoms with Crippen LogP contribution < -0.4 is 0 Å². The predicted molar refractivity (Wildman–Crippen MR) is 157 cm³/mol. The Kier molecular flexibility index (Phi) is 11.6. The van der Waals surface area contributed by atoms with Gasteiger partial charge in [0.25, 0.3) is 0 Å². The Morgan fingerprint density at radius 3 is 1.29 bits per heavy atom. The van der Waals surface area contributed by atoms with E-state index in [2.05, 4.69) is 109 Å². The molecule has 34 heavy (non-hydrogen) atoms. The number of hydrogen-bond acceptors (Lipinski definition) is 2. The third-order valence-corrected chi connectivity index (χ3v) is 8.47. The Balaban J connectivity index is 0.000000198. The van der Waals surface area contributed by atoms with Crippen molar-refractivity contribution >= 4 is 69.9 Å². The van der Waals surface area contributed by atoms with Crippen LogP contribution in [-0.4, -0.2) is 6.88 Å². The van der Waals surface area contributed by atoms with Crippen molar-refractivity contribution in [3.05, 3.63) is 96.8 Å². The molecule has 0 nitrogen and oxygen atoms in total. The van der Waals surface area contributed by atoms with E-state index in [0.29, 0.717) is 0 Å². The number of fused-ring (bicyclic) bond motifs is 6. The summed E-state index contributed by atoms with van der Waals surface area (Å²) in [6.07, 6.45) is 0. The van der Waals surface area contributed by atoms with Crippen molar-refractivity contribution < 1.29 is 23.3 Å². The van der Waals surface area contributed by atoms with Gasteiger partial charge in [0.1, 0.15) is 0 Å². The fourth-order valence-corrected chi connectivity index (χ4v) is 6.48. The molecule has 0 saturated carbocycles. The van der Waals surface area contributed by atoms with E-state index < -0.39 is 0 Å². The summed E-state index contributed by atoms with van der Waals surface area (Å²) in [6.45, 7) is 21.9. The topological polar surface area (TPSA) is 0 Å². The van der Waals surface area contributed by atoms with Crippen molar-refractivity contribution in [2.75, 3.05) is 0 Å². The van der Waals surface area contributed by atoms with Crippen LogP contribution in [0.15, 0.2) is 60.7 Å². The van der Waals surface area contributed by atoms with E-state index >= 15 is 0 Å². The summed E-state index contributed by atoms with van der Waals surface area (Å²) < 4.78 is 5.73. The van der Waals surface area contributed by atoms with Gasteiger partial charge in [-0.3, -0.25) is 0 Å². The van der Waals surface area contributed by atoms with Crippen LogP contribution in [0, 0.1) is 41.5 Å². The fourth-order valence-electron chi connectivity index (χ4n) is 3.98. The zero-order valence-electron chi connectivity index (χ0n) is 21.0. The van der Waals surface area contributed by atoms with Gasteiger partial charge in [0.15, 0.2) is 0 Å². The van der Waals surface area contributed by atoms with Gasteiger partial charge in [-0.25, -0.2) is 22.7 Å². The number of rotatable bonds is 0. The molecule has 0 N–H and O–H groups in total. The second kappa shape index (κ2) is 13.7. The molecule has 0 amide bonds. The van der Waals surface area contributed by atoms with Crippen LogP contribution in [-0.2, 0) is 23.3 Å². The standard InChI is InChI=1S/2C13H11S.2C2H5.Si.Zr/c2*1-8-7-11-10-5-3-4-6-12(10)14-13(11)9(8)2;2*1-2;;/h2*3-7H,1-2H3;2*1H2,2H3;;/q4*-1;;. The van der Waals surface area contributed by atoms with E-state index in [1.165, 1.54) is 85.9 Å². The van der Waals surface area contributed by atoms with Crippen molar-refractivity contribution in [1.82, 2.24) is 0 Å². The molecule has 176 valence electrons. The molecule has 0 aliphatic heterocycles. The summed E-state index contributed by atoms with van der Waals surface area (Å²) in [4.78, 5) is 0. The SMILES string of the molecule is Cc1[cH-]c2c(sc3ccccc32)c1C.Cc1[cH-]c2c(sc3ccccc32)c1C.[CH2-]C.[CH2-]C.[Si]=[Zr]. The minimum atomic E-state index is 1.36. The van der Waals surface area contributed by atoms with E-state index in [9.17, 15) is 0 Å². The molecule has 0 unspecified atom stereocenters. The Labute approximate surface area is 229 Å². The summed E-state index contributed by atoms with van der Waals surface area (Å²) in [7, 11) is 0. The van der Waals surface area contributed by atoms with Gasteiger partial charge in [-0.15, -0.1) is 45.2 Å². The van der Waals surface area contributed by atoms with Crippen LogP contribution in [0.5, 0.6) is 0 Å². The summed E-state index contributed by atoms with van der Waals surface area (Å²) >= 11 is 5.17. The molecule has 0 aliphatic carbocycles. The molecule has 0 saturated heterocycles. The zero-order valence-corrected chi connectivity index (χ0v) is 26.1. The van der Waals surface area contributed by atoms with Crippen molar-refractivity contribution in [1.29, 1.82) is 0 Å². The first-order chi connectivity index (χ1) is 16.5. The number of benzene rings is 2. The van der Waals surface area contributed by atoms with Gasteiger partial charge in [0.2, 0.25) is 0 Å². The van der Waals surface area contributed by atoms with E-state index in [-0.39, 0.29) is 0 Å². The Morgan fingerprint density at radius 2 is 0.941 bits per heavy atom. The van der Waals surface area contributed by atoms with Crippen molar-refractivity contribution in [2.24, 2.45) is 0 Å². The summed E-state index contributed by atoms with van der Waals surface area (Å²) in [5.74, 6) is 0. The summed E-state index contributed by atoms with van der Waals surface area (Å²) in [6, 6.07) is 21.9. The molecule has 4 aromatic carbocycles. The van der Waals surface area contributed by atoms with Crippen LogP contribution in [0.4, 0.5) is 0 Å². The molecule has 6 aromatic rings. The molecular formula is C30H32S2SiZr-4. The monoisotopic (exact) mass is 574 g/mol. The maximum absolute atomic E-state index is 3.25. The minimum absolute atomic E-state index is 1.36. The van der Waals surface area contributed by atoms with Crippen LogP contribution in [0.1, 0.15) is 36.1 Å². The van der Waals surface area contributed by atoms with E-state index in [1.807, 2.05) is 22.7 Å². The number of hydrogen-bond donors (Lipinski definition) is 0. The first-order valence-electron chi connectivity index (χ1n) is 11.3. The molecule has 6 rings (SSSR count). The van der Waals surface area contributed by atoms with Crippen LogP contribution in [0.2, 0.25) is 0 Å². The summed E-state index contributed by atoms with van der Waals surface area (Å²) in [5, 5.41) is 5.67. The molecule has 0 atom stereocenters. The van der Waals surface area contributed by atoms with Gasteiger partial charge < -0.3 is 13.8 Å². The molecular weight excluding hydrogens is 544 g/mol. The van der Waals surface area contributed by atoms with Gasteiger partial charge in [0, 0.05) is 0 Å². The van der Waals surface area contributed by atoms with Crippen molar-refractivity contribution in [2.45, 2.75) is 41.5 Å². The third-order valence-electron chi connectivity index (χ3n) is 5.85. The fraction of sp³-hybridized carbons (Fsp3) is 0.200. The normalized spacial score (nSPS) is 9.97. The first-order valence-corrected chi connectivity index (χ1v) is 17.1. The third kappa shape index (κ3) is 5.73. The molecule has 2 radical (unpaired) electrons. The van der Waals surface area contributed by atoms with Crippen LogP contribution >= 0.6 is 22.7 Å². The van der Waals surface area contributed by atoms with E-state index in [0.717, 1.165) is 0 Å². The van der Waals surface area contributed by atoms with Gasteiger partial charge in [-0.2, -0.15) is 13.8 Å². The van der Waals surface area contributed by atoms with Crippen LogP contribution in [0.25, 0.3) is 40.3 Å². The quantitative estimate of drug-likeness (QED) is 0.125. The van der Waals surface area contributed by atoms with Crippen molar-refractivity contribution in [3.63, 3.8) is 0 Å². The van der Waals surface area contributed by atoms with Crippen LogP contribution in [0.3, 0.4) is 0 Å². The average molecular weight is 576 g/mol. The number of aryl methyl sites for hydroxylation is 4. The Bertz CT molecular complexity index is 1360.